The molecule has 0 aromatic rings. The molecule has 76 valence electrons. The highest BCUT2D eigenvalue weighted by molar-refractivity contribution is 5.03. The lowest BCUT2D eigenvalue weighted by Gasteiger charge is -2.25. The fourth-order valence-corrected chi connectivity index (χ4v) is 2.19. The third-order valence-electron chi connectivity index (χ3n) is 2.57. The Morgan fingerprint density at radius 2 is 1.85 bits per heavy atom. The monoisotopic (exact) mass is 188 g/mol. The summed E-state index contributed by atoms with van der Waals surface area (Å²) in [5.41, 5.74) is -0.521. The minimum Gasteiger partial charge on any atom is -0.364 e. The highest BCUT2D eigenvalue weighted by Crippen LogP contribution is 2.46. The quantitative estimate of drug-likeness (QED) is 0.606. The van der Waals surface area contributed by atoms with E-state index in [1.54, 1.807) is 6.92 Å². The summed E-state index contributed by atoms with van der Waals surface area (Å²) in [7, 11) is 0. The van der Waals surface area contributed by atoms with E-state index in [0.717, 1.165) is 0 Å². The summed E-state index contributed by atoms with van der Waals surface area (Å²) in [5.74, 6) is -1.87. The van der Waals surface area contributed by atoms with Crippen LogP contribution in [0.3, 0.4) is 0 Å². The molecule has 2 rings (SSSR count). The van der Waals surface area contributed by atoms with E-state index in [1.165, 1.54) is 0 Å². The van der Waals surface area contributed by atoms with Crippen molar-refractivity contribution in [1.82, 2.24) is 0 Å². The SMILES string of the molecule is CC1(C)O[C@@H]2C(C)(O)OC[C@]2(C)O1. The van der Waals surface area contributed by atoms with E-state index >= 15 is 0 Å². The first kappa shape index (κ1) is 9.40. The van der Waals surface area contributed by atoms with Gasteiger partial charge in [-0.2, -0.15) is 0 Å². The van der Waals surface area contributed by atoms with Gasteiger partial charge in [-0.05, 0) is 27.7 Å². The van der Waals surface area contributed by atoms with E-state index in [-0.39, 0.29) is 0 Å². The molecule has 1 N–H and O–H groups in total. The van der Waals surface area contributed by atoms with E-state index in [4.69, 9.17) is 14.2 Å². The van der Waals surface area contributed by atoms with Gasteiger partial charge >= 0.3 is 0 Å². The predicted molar refractivity (Wildman–Crippen MR) is 45.0 cm³/mol. The molecule has 3 atom stereocenters. The fourth-order valence-electron chi connectivity index (χ4n) is 2.19. The van der Waals surface area contributed by atoms with Crippen molar-refractivity contribution in [1.29, 1.82) is 0 Å². The van der Waals surface area contributed by atoms with Gasteiger partial charge in [0.1, 0.15) is 11.7 Å². The Bertz CT molecular complexity index is 236. The number of fused-ring (bicyclic) bond motifs is 1. The molecule has 0 aliphatic carbocycles. The van der Waals surface area contributed by atoms with Crippen LogP contribution in [0, 0.1) is 0 Å². The minimum atomic E-state index is -1.23. The van der Waals surface area contributed by atoms with E-state index in [1.807, 2.05) is 20.8 Å². The fraction of sp³-hybridized carbons (Fsp3) is 1.00. The molecule has 0 radical (unpaired) electrons. The Balaban J connectivity index is 2.29. The van der Waals surface area contributed by atoms with E-state index < -0.39 is 23.3 Å². The van der Waals surface area contributed by atoms with Crippen LogP contribution in [0.1, 0.15) is 27.7 Å². The molecule has 2 heterocycles. The van der Waals surface area contributed by atoms with E-state index in [0.29, 0.717) is 6.61 Å². The van der Waals surface area contributed by atoms with Crippen molar-refractivity contribution >= 4 is 0 Å². The van der Waals surface area contributed by atoms with Crippen LogP contribution in [0.15, 0.2) is 0 Å². The number of rotatable bonds is 0. The van der Waals surface area contributed by atoms with Crippen LogP contribution in [0.25, 0.3) is 0 Å². The van der Waals surface area contributed by atoms with Crippen LogP contribution in [-0.4, -0.2) is 35.0 Å². The molecule has 0 amide bonds. The largest absolute Gasteiger partial charge is 0.364 e. The maximum absolute atomic E-state index is 9.83. The van der Waals surface area contributed by atoms with Gasteiger partial charge in [0.2, 0.25) is 0 Å². The molecule has 1 unspecified atom stereocenters. The lowest BCUT2D eigenvalue weighted by atomic mass is 9.98. The summed E-state index contributed by atoms with van der Waals surface area (Å²) in [5, 5.41) is 9.83. The van der Waals surface area contributed by atoms with E-state index in [2.05, 4.69) is 0 Å². The Kier molecular flexibility index (Phi) is 1.63. The molecule has 0 spiro atoms. The number of hydrogen-bond acceptors (Lipinski definition) is 4. The lowest BCUT2D eigenvalue weighted by Crippen LogP contribution is -2.44. The maximum Gasteiger partial charge on any atom is 0.192 e. The Hall–Kier alpha value is -0.160. The Morgan fingerprint density at radius 1 is 1.23 bits per heavy atom. The lowest BCUT2D eigenvalue weighted by molar-refractivity contribution is -0.252. The zero-order valence-electron chi connectivity index (χ0n) is 8.46. The second-order valence-electron chi connectivity index (χ2n) is 4.66. The highest BCUT2D eigenvalue weighted by Gasteiger charge is 2.63. The zero-order valence-corrected chi connectivity index (χ0v) is 8.46. The van der Waals surface area contributed by atoms with Crippen molar-refractivity contribution in [3.8, 4) is 0 Å². The third-order valence-corrected chi connectivity index (χ3v) is 2.57. The van der Waals surface area contributed by atoms with Crippen molar-refractivity contribution in [2.75, 3.05) is 6.61 Å². The van der Waals surface area contributed by atoms with Crippen LogP contribution >= 0.6 is 0 Å². The van der Waals surface area contributed by atoms with Gasteiger partial charge in [0.25, 0.3) is 0 Å². The Morgan fingerprint density at radius 3 is 2.38 bits per heavy atom. The summed E-state index contributed by atoms with van der Waals surface area (Å²) in [6, 6.07) is 0. The molecule has 4 heteroatoms. The molecule has 4 nitrogen and oxygen atoms in total. The zero-order chi connectivity index (χ0) is 9.91. The first-order valence-corrected chi connectivity index (χ1v) is 4.50. The minimum absolute atomic E-state index is 0.369. The van der Waals surface area contributed by atoms with Gasteiger partial charge in [0.05, 0.1) is 6.61 Å². The summed E-state index contributed by atoms with van der Waals surface area (Å²) >= 11 is 0. The smallest absolute Gasteiger partial charge is 0.192 e. The molecule has 2 aliphatic heterocycles. The molecule has 2 aliphatic rings. The van der Waals surface area contributed by atoms with Crippen molar-refractivity contribution in [3.63, 3.8) is 0 Å². The third kappa shape index (κ3) is 1.29. The summed E-state index contributed by atoms with van der Waals surface area (Å²) in [4.78, 5) is 0. The topological polar surface area (TPSA) is 47.9 Å². The molecule has 0 saturated carbocycles. The normalized spacial score (nSPS) is 53.8. The van der Waals surface area contributed by atoms with Crippen LogP contribution in [-0.2, 0) is 14.2 Å². The van der Waals surface area contributed by atoms with Crippen molar-refractivity contribution in [2.45, 2.75) is 51.0 Å². The molecule has 2 fully saturated rings. The molecule has 2 saturated heterocycles. The van der Waals surface area contributed by atoms with Crippen molar-refractivity contribution in [2.24, 2.45) is 0 Å². The van der Waals surface area contributed by atoms with Gasteiger partial charge in [-0.1, -0.05) is 0 Å². The molecule has 0 bridgehead atoms. The van der Waals surface area contributed by atoms with Crippen LogP contribution in [0.2, 0.25) is 0 Å². The molecule has 0 aromatic heterocycles. The van der Waals surface area contributed by atoms with Gasteiger partial charge < -0.3 is 19.3 Å². The van der Waals surface area contributed by atoms with Gasteiger partial charge in [-0.3, -0.25) is 0 Å². The average Bonchev–Trinajstić information content (AvgIpc) is 2.28. The molecular formula is C9H16O4. The van der Waals surface area contributed by atoms with Gasteiger partial charge in [-0.25, -0.2) is 0 Å². The first-order valence-electron chi connectivity index (χ1n) is 4.50. The average molecular weight is 188 g/mol. The predicted octanol–water partition coefficient (Wildman–Crippen LogP) is 0.635. The molecular weight excluding hydrogens is 172 g/mol. The van der Waals surface area contributed by atoms with Crippen molar-refractivity contribution < 1.29 is 19.3 Å². The summed E-state index contributed by atoms with van der Waals surface area (Å²) in [6.45, 7) is 7.55. The number of hydrogen-bond donors (Lipinski definition) is 1. The second kappa shape index (κ2) is 2.25. The van der Waals surface area contributed by atoms with Crippen LogP contribution in [0.5, 0.6) is 0 Å². The van der Waals surface area contributed by atoms with Crippen molar-refractivity contribution in [3.05, 3.63) is 0 Å². The van der Waals surface area contributed by atoms with Gasteiger partial charge in [0, 0.05) is 0 Å². The standard InChI is InChI=1S/C9H16O4/c1-7(2)12-6-8(3,13-7)5-11-9(6,4)10/h6,10H,5H2,1-4H3/t6-,8-,9?/m0/s1. The molecule has 13 heavy (non-hydrogen) atoms. The van der Waals surface area contributed by atoms with Gasteiger partial charge in [-0.15, -0.1) is 0 Å². The number of aliphatic hydroxyl groups is 1. The van der Waals surface area contributed by atoms with Crippen LogP contribution < -0.4 is 0 Å². The Labute approximate surface area is 77.8 Å². The summed E-state index contributed by atoms with van der Waals surface area (Å²) < 4.78 is 16.5. The first-order chi connectivity index (χ1) is 5.75. The van der Waals surface area contributed by atoms with Gasteiger partial charge in [0.15, 0.2) is 11.6 Å². The van der Waals surface area contributed by atoms with E-state index in [9.17, 15) is 5.11 Å². The highest BCUT2D eigenvalue weighted by atomic mass is 16.8. The molecule has 0 aromatic carbocycles. The maximum atomic E-state index is 9.83. The summed E-state index contributed by atoms with van der Waals surface area (Å²) in [6.07, 6.45) is -0.407. The second-order valence-corrected chi connectivity index (χ2v) is 4.66. The van der Waals surface area contributed by atoms with Crippen LogP contribution in [0.4, 0.5) is 0 Å². The number of ether oxygens (including phenoxy) is 3.